The van der Waals surface area contributed by atoms with Gasteiger partial charge in [-0.1, -0.05) is 31.2 Å². The van der Waals surface area contributed by atoms with E-state index in [2.05, 4.69) is 61.5 Å². The van der Waals surface area contributed by atoms with E-state index >= 15 is 0 Å². The zero-order chi connectivity index (χ0) is 22.3. The summed E-state index contributed by atoms with van der Waals surface area (Å²) in [4.78, 5) is 11.3. The number of aliphatic imine (C=N–C) groups is 1. The van der Waals surface area contributed by atoms with Crippen LogP contribution in [0.3, 0.4) is 0 Å². The van der Waals surface area contributed by atoms with Crippen LogP contribution in [-0.4, -0.2) is 69.8 Å². The first-order valence-corrected chi connectivity index (χ1v) is 11.7. The fourth-order valence-corrected chi connectivity index (χ4v) is 4.55. The number of likely N-dealkylation sites (N-methyl/N-ethyl adjacent to an activating group) is 1. The number of para-hydroxylation sites is 1. The predicted octanol–water partition coefficient (Wildman–Crippen LogP) is 3.53. The molecule has 33 heavy (non-hydrogen) atoms. The third-order valence-corrected chi connectivity index (χ3v) is 6.51. The number of guanidine groups is 1. The normalized spacial score (nSPS) is 19.4. The van der Waals surface area contributed by atoms with E-state index in [4.69, 9.17) is 0 Å². The van der Waals surface area contributed by atoms with Crippen LogP contribution < -0.4 is 20.4 Å². The van der Waals surface area contributed by atoms with Gasteiger partial charge in [0.15, 0.2) is 5.96 Å². The molecular formula is C25H36FIN6. The van der Waals surface area contributed by atoms with Gasteiger partial charge in [-0.2, -0.15) is 0 Å². The molecule has 0 spiro atoms. The number of nitrogens with zero attached hydrogens (tertiary/aromatic N) is 4. The average Bonchev–Trinajstić information content (AvgIpc) is 3.31. The van der Waals surface area contributed by atoms with Gasteiger partial charge in [-0.05, 0) is 42.8 Å². The van der Waals surface area contributed by atoms with Crippen molar-refractivity contribution >= 4 is 41.3 Å². The van der Waals surface area contributed by atoms with Crippen molar-refractivity contribution < 1.29 is 4.39 Å². The minimum atomic E-state index is -0.147. The van der Waals surface area contributed by atoms with Crippen molar-refractivity contribution in [3.8, 4) is 0 Å². The first-order valence-electron chi connectivity index (χ1n) is 11.7. The highest BCUT2D eigenvalue weighted by Crippen LogP contribution is 2.22. The molecule has 0 radical (unpaired) electrons. The molecule has 0 saturated carbocycles. The zero-order valence-electron chi connectivity index (χ0n) is 19.6. The molecule has 4 rings (SSSR count). The third kappa shape index (κ3) is 6.72. The van der Waals surface area contributed by atoms with Gasteiger partial charge in [-0.3, -0.25) is 4.99 Å². The quantitative estimate of drug-likeness (QED) is 0.319. The van der Waals surface area contributed by atoms with Gasteiger partial charge in [0.25, 0.3) is 0 Å². The van der Waals surface area contributed by atoms with Crippen LogP contribution in [0, 0.1) is 5.82 Å². The molecule has 8 heteroatoms. The number of nitrogens with one attached hydrogen (secondary N) is 2. The fraction of sp³-hybridized carbons (Fsp3) is 0.480. The molecule has 2 saturated heterocycles. The lowest BCUT2D eigenvalue weighted by molar-refractivity contribution is 0.270. The molecule has 2 fully saturated rings. The van der Waals surface area contributed by atoms with Crippen LogP contribution in [0.25, 0.3) is 0 Å². The van der Waals surface area contributed by atoms with Gasteiger partial charge < -0.3 is 25.3 Å². The molecule has 0 amide bonds. The average molecular weight is 567 g/mol. The molecule has 180 valence electrons. The molecule has 2 aliphatic heterocycles. The molecule has 0 bridgehead atoms. The van der Waals surface area contributed by atoms with Gasteiger partial charge in [-0.15, -0.1) is 24.0 Å². The fourth-order valence-electron chi connectivity index (χ4n) is 4.55. The lowest BCUT2D eigenvalue weighted by Gasteiger charge is -2.35. The summed E-state index contributed by atoms with van der Waals surface area (Å²) in [5.41, 5.74) is 2.88. The van der Waals surface area contributed by atoms with Crippen LogP contribution in [-0.2, 0) is 6.54 Å². The molecule has 2 heterocycles. The van der Waals surface area contributed by atoms with Crippen LogP contribution in [0.4, 0.5) is 15.8 Å². The van der Waals surface area contributed by atoms with Crippen molar-refractivity contribution in [1.82, 2.24) is 15.5 Å². The van der Waals surface area contributed by atoms with Crippen molar-refractivity contribution in [3.63, 3.8) is 0 Å². The second-order valence-corrected chi connectivity index (χ2v) is 8.54. The van der Waals surface area contributed by atoms with Crippen LogP contribution >= 0.6 is 24.0 Å². The minimum Gasteiger partial charge on any atom is -0.369 e. The van der Waals surface area contributed by atoms with Gasteiger partial charge in [0.2, 0.25) is 0 Å². The summed E-state index contributed by atoms with van der Waals surface area (Å²) in [7, 11) is 1.78. The first kappa shape index (κ1) is 25.6. The molecule has 1 atom stereocenters. The summed E-state index contributed by atoms with van der Waals surface area (Å²) < 4.78 is 14.8. The SMILES string of the molecule is CCN1CCN(c2ccc(CNC(=NC)NC3CCN(c4ccccc4)C3)cc2F)CC1.I. The summed E-state index contributed by atoms with van der Waals surface area (Å²) >= 11 is 0. The van der Waals surface area contributed by atoms with Crippen LogP contribution in [0.15, 0.2) is 53.5 Å². The van der Waals surface area contributed by atoms with Crippen molar-refractivity contribution in [2.75, 3.05) is 62.7 Å². The van der Waals surface area contributed by atoms with Gasteiger partial charge in [-0.25, -0.2) is 4.39 Å². The van der Waals surface area contributed by atoms with E-state index in [9.17, 15) is 4.39 Å². The number of anilines is 2. The molecule has 2 aromatic carbocycles. The first-order chi connectivity index (χ1) is 15.7. The predicted molar refractivity (Wildman–Crippen MR) is 147 cm³/mol. The zero-order valence-corrected chi connectivity index (χ0v) is 22.0. The maximum absolute atomic E-state index is 14.8. The van der Waals surface area contributed by atoms with Gasteiger partial charge in [0, 0.05) is 64.6 Å². The Morgan fingerprint density at radius 1 is 1.03 bits per heavy atom. The Kier molecular flexibility index (Phi) is 9.61. The second-order valence-electron chi connectivity index (χ2n) is 8.54. The lowest BCUT2D eigenvalue weighted by Crippen LogP contribution is -2.46. The van der Waals surface area contributed by atoms with E-state index in [-0.39, 0.29) is 29.8 Å². The molecular weight excluding hydrogens is 530 g/mol. The van der Waals surface area contributed by atoms with E-state index in [1.54, 1.807) is 13.1 Å². The number of hydrogen-bond acceptors (Lipinski definition) is 4. The number of benzene rings is 2. The van der Waals surface area contributed by atoms with E-state index in [1.807, 2.05) is 18.2 Å². The second kappa shape index (κ2) is 12.4. The highest BCUT2D eigenvalue weighted by Gasteiger charge is 2.23. The van der Waals surface area contributed by atoms with Gasteiger partial charge >= 0.3 is 0 Å². The number of piperazine rings is 1. The Labute approximate surface area is 214 Å². The molecule has 0 aliphatic carbocycles. The van der Waals surface area contributed by atoms with Gasteiger partial charge in [0.05, 0.1) is 5.69 Å². The Balaban J connectivity index is 0.00000306. The standard InChI is InChI=1S/C25H35FN6.HI/c1-3-30-13-15-31(16-14-30)24-10-9-20(17-23(24)26)18-28-25(27-2)29-21-11-12-32(19-21)22-7-5-4-6-8-22;/h4-10,17,21H,3,11-16,18-19H2,1-2H3,(H2,27,28,29);1H. The highest BCUT2D eigenvalue weighted by atomic mass is 127. The largest absolute Gasteiger partial charge is 0.369 e. The Hall–Kier alpha value is -2.07. The van der Waals surface area contributed by atoms with Crippen LogP contribution in [0.2, 0.25) is 0 Å². The number of halogens is 2. The summed E-state index contributed by atoms with van der Waals surface area (Å²) in [5.74, 6) is 0.608. The highest BCUT2D eigenvalue weighted by molar-refractivity contribution is 14.0. The number of rotatable bonds is 6. The molecule has 1 unspecified atom stereocenters. The van der Waals surface area contributed by atoms with E-state index in [1.165, 1.54) is 5.69 Å². The summed E-state index contributed by atoms with van der Waals surface area (Å²) in [6.45, 7) is 9.47. The molecule has 2 aromatic rings. The summed E-state index contributed by atoms with van der Waals surface area (Å²) in [5, 5.41) is 6.85. The smallest absolute Gasteiger partial charge is 0.191 e. The van der Waals surface area contributed by atoms with E-state index in [0.29, 0.717) is 18.3 Å². The van der Waals surface area contributed by atoms with Crippen molar-refractivity contribution in [2.24, 2.45) is 4.99 Å². The molecule has 0 aromatic heterocycles. The molecule has 2 N–H and O–H groups in total. The lowest BCUT2D eigenvalue weighted by atomic mass is 10.1. The molecule has 6 nitrogen and oxygen atoms in total. The van der Waals surface area contributed by atoms with E-state index < -0.39 is 0 Å². The van der Waals surface area contributed by atoms with Crippen molar-refractivity contribution in [3.05, 3.63) is 59.9 Å². The topological polar surface area (TPSA) is 46.1 Å². The minimum absolute atomic E-state index is 0. The van der Waals surface area contributed by atoms with Crippen molar-refractivity contribution in [1.29, 1.82) is 0 Å². The molecule has 2 aliphatic rings. The maximum Gasteiger partial charge on any atom is 0.191 e. The van der Waals surface area contributed by atoms with Gasteiger partial charge in [0.1, 0.15) is 5.82 Å². The summed E-state index contributed by atoms with van der Waals surface area (Å²) in [6.07, 6.45) is 1.06. The van der Waals surface area contributed by atoms with Crippen LogP contribution in [0.5, 0.6) is 0 Å². The maximum atomic E-state index is 14.8. The Morgan fingerprint density at radius 2 is 1.79 bits per heavy atom. The van der Waals surface area contributed by atoms with Crippen LogP contribution in [0.1, 0.15) is 18.9 Å². The van der Waals surface area contributed by atoms with Crippen molar-refractivity contribution in [2.45, 2.75) is 25.9 Å². The summed E-state index contributed by atoms with van der Waals surface area (Å²) in [6, 6.07) is 16.4. The third-order valence-electron chi connectivity index (χ3n) is 6.51. The monoisotopic (exact) mass is 566 g/mol. The Morgan fingerprint density at radius 3 is 2.45 bits per heavy atom. The number of hydrogen-bond donors (Lipinski definition) is 2. The van der Waals surface area contributed by atoms with E-state index in [0.717, 1.165) is 63.8 Å². The Bertz CT molecular complexity index is 901.